The number of rotatable bonds is 5. The zero-order chi connectivity index (χ0) is 19.2. The van der Waals surface area contributed by atoms with Crippen LogP contribution in [0, 0.1) is 0 Å². The number of nitrogens with zero attached hydrogens (tertiary/aromatic N) is 2. The summed E-state index contributed by atoms with van der Waals surface area (Å²) in [6.07, 6.45) is 6.34. The molecule has 0 bridgehead atoms. The predicted octanol–water partition coefficient (Wildman–Crippen LogP) is 3.16. The van der Waals surface area contributed by atoms with E-state index in [9.17, 15) is 0 Å². The Labute approximate surface area is 189 Å². The second-order valence-corrected chi connectivity index (χ2v) is 6.67. The first-order valence-electron chi connectivity index (χ1n) is 9.44. The van der Waals surface area contributed by atoms with Crippen molar-refractivity contribution in [3.8, 4) is 0 Å². The highest BCUT2D eigenvalue weighted by Crippen LogP contribution is 2.34. The van der Waals surface area contributed by atoms with Gasteiger partial charge >= 0.3 is 0 Å². The van der Waals surface area contributed by atoms with Crippen LogP contribution >= 0.6 is 0 Å². The lowest BCUT2D eigenvalue weighted by Crippen LogP contribution is -3.00. The first-order valence-corrected chi connectivity index (χ1v) is 9.44. The van der Waals surface area contributed by atoms with Gasteiger partial charge in [0.25, 0.3) is 0 Å². The lowest BCUT2D eigenvalue weighted by atomic mass is 10.1. The summed E-state index contributed by atoms with van der Waals surface area (Å²) in [5.74, 6) is 0. The van der Waals surface area contributed by atoms with Crippen molar-refractivity contribution in [2.75, 3.05) is 4.90 Å². The Kier molecular flexibility index (Phi) is 7.19. The molecule has 144 valence electrons. The molecular formula is C26H23IN2. The van der Waals surface area contributed by atoms with Crippen LogP contribution in [0.1, 0.15) is 11.3 Å². The number of hydrogen-bond acceptors (Lipinski definition) is 1. The zero-order valence-electron chi connectivity index (χ0n) is 16.3. The van der Waals surface area contributed by atoms with Gasteiger partial charge in [0.15, 0.2) is 6.20 Å². The number of benzene rings is 3. The van der Waals surface area contributed by atoms with Gasteiger partial charge in [0.1, 0.15) is 7.05 Å². The molecule has 0 aliphatic rings. The Morgan fingerprint density at radius 2 is 1.10 bits per heavy atom. The molecule has 0 aliphatic heterocycles. The van der Waals surface area contributed by atoms with Gasteiger partial charge in [-0.15, -0.1) is 0 Å². The van der Waals surface area contributed by atoms with Crippen LogP contribution in [0.4, 0.5) is 17.1 Å². The van der Waals surface area contributed by atoms with Crippen molar-refractivity contribution in [1.82, 2.24) is 0 Å². The maximum Gasteiger partial charge on any atom is 0.204 e. The van der Waals surface area contributed by atoms with Crippen LogP contribution in [0.25, 0.3) is 12.2 Å². The summed E-state index contributed by atoms with van der Waals surface area (Å²) in [6.45, 7) is 0. The van der Waals surface area contributed by atoms with Gasteiger partial charge < -0.3 is 28.9 Å². The highest BCUT2D eigenvalue weighted by atomic mass is 127. The van der Waals surface area contributed by atoms with Gasteiger partial charge in [0.05, 0.1) is 0 Å². The summed E-state index contributed by atoms with van der Waals surface area (Å²) in [4.78, 5) is 2.27. The molecule has 1 aromatic heterocycles. The molecule has 0 radical (unpaired) electrons. The number of para-hydroxylation sites is 2. The van der Waals surface area contributed by atoms with Crippen molar-refractivity contribution in [2.24, 2.45) is 7.05 Å². The van der Waals surface area contributed by atoms with Crippen molar-refractivity contribution < 1.29 is 28.5 Å². The van der Waals surface area contributed by atoms with Gasteiger partial charge in [0, 0.05) is 35.3 Å². The smallest absolute Gasteiger partial charge is 0.204 e. The molecule has 29 heavy (non-hydrogen) atoms. The van der Waals surface area contributed by atoms with Crippen LogP contribution in [0.5, 0.6) is 0 Å². The molecule has 2 nitrogen and oxygen atoms in total. The first-order chi connectivity index (χ1) is 13.8. The first kappa shape index (κ1) is 20.8. The summed E-state index contributed by atoms with van der Waals surface area (Å²) < 4.78 is 2.11. The second-order valence-electron chi connectivity index (χ2n) is 6.67. The van der Waals surface area contributed by atoms with Crippen molar-refractivity contribution in [1.29, 1.82) is 0 Å². The van der Waals surface area contributed by atoms with Crippen LogP contribution in [-0.4, -0.2) is 0 Å². The van der Waals surface area contributed by atoms with Crippen molar-refractivity contribution >= 4 is 29.2 Å². The minimum atomic E-state index is 0. The lowest BCUT2D eigenvalue weighted by Gasteiger charge is -2.25. The highest BCUT2D eigenvalue weighted by Gasteiger charge is 2.11. The number of anilines is 3. The molecule has 0 unspecified atom stereocenters. The van der Waals surface area contributed by atoms with E-state index in [1.807, 2.05) is 18.2 Å². The standard InChI is InChI=1S/C26H23N2.HI/c1-27-21-9-8-10-23(27)18-15-22-16-19-26(20-17-22)28(24-11-4-2-5-12-24)25-13-6-3-7-14-25;/h2-21H,1H3;1H/q+1;/p-1. The van der Waals surface area contributed by atoms with Gasteiger partial charge in [-0.2, -0.15) is 0 Å². The Hall–Kier alpha value is -2.92. The molecule has 3 heteroatoms. The molecule has 3 aromatic carbocycles. The molecule has 0 aliphatic carbocycles. The van der Waals surface area contributed by atoms with Crippen LogP contribution in [0.15, 0.2) is 109 Å². The highest BCUT2D eigenvalue weighted by molar-refractivity contribution is 5.77. The van der Waals surface area contributed by atoms with Crippen LogP contribution in [0.3, 0.4) is 0 Å². The number of pyridine rings is 1. The Morgan fingerprint density at radius 3 is 1.66 bits per heavy atom. The Balaban J connectivity index is 0.00000240. The van der Waals surface area contributed by atoms with E-state index in [4.69, 9.17) is 0 Å². The third kappa shape index (κ3) is 5.12. The fraction of sp³-hybridized carbons (Fsp3) is 0.0385. The second kappa shape index (κ2) is 10.0. The van der Waals surface area contributed by atoms with E-state index in [1.165, 1.54) is 11.3 Å². The SMILES string of the molecule is C[n+]1ccccc1/C=C/c1ccc(N(c2ccccc2)c2ccccc2)cc1.[I-]. The van der Waals surface area contributed by atoms with Gasteiger partial charge in [-0.3, -0.25) is 0 Å². The molecule has 0 N–H and O–H groups in total. The van der Waals surface area contributed by atoms with Crippen LogP contribution in [-0.2, 0) is 7.05 Å². The number of halogens is 1. The Morgan fingerprint density at radius 1 is 0.586 bits per heavy atom. The quantitative estimate of drug-likeness (QED) is 0.308. The van der Waals surface area contributed by atoms with Crippen LogP contribution in [0.2, 0.25) is 0 Å². The largest absolute Gasteiger partial charge is 1.00 e. The van der Waals surface area contributed by atoms with Gasteiger partial charge in [-0.1, -0.05) is 48.5 Å². The zero-order valence-corrected chi connectivity index (χ0v) is 18.5. The number of hydrogen-bond donors (Lipinski definition) is 0. The van der Waals surface area contributed by atoms with E-state index in [1.54, 1.807) is 0 Å². The molecule has 4 rings (SSSR count). The summed E-state index contributed by atoms with van der Waals surface area (Å²) in [7, 11) is 2.06. The maximum absolute atomic E-state index is 2.27. The molecule has 0 spiro atoms. The van der Waals surface area contributed by atoms with E-state index in [0.717, 1.165) is 17.1 Å². The lowest BCUT2D eigenvalue weighted by molar-refractivity contribution is -0.673. The summed E-state index contributed by atoms with van der Waals surface area (Å²) in [5, 5.41) is 0. The molecule has 1 heterocycles. The average Bonchev–Trinajstić information content (AvgIpc) is 2.76. The summed E-state index contributed by atoms with van der Waals surface area (Å²) >= 11 is 0. The summed E-state index contributed by atoms with van der Waals surface area (Å²) in [5.41, 5.74) is 5.77. The van der Waals surface area contributed by atoms with Gasteiger partial charge in [-0.05, 0) is 54.1 Å². The van der Waals surface area contributed by atoms with E-state index >= 15 is 0 Å². The number of aryl methyl sites for hydroxylation is 1. The third-order valence-corrected chi connectivity index (χ3v) is 4.72. The van der Waals surface area contributed by atoms with Crippen molar-refractivity contribution in [3.63, 3.8) is 0 Å². The molecule has 0 amide bonds. The number of aromatic nitrogens is 1. The normalized spacial score (nSPS) is 10.5. The fourth-order valence-electron chi connectivity index (χ4n) is 3.23. The van der Waals surface area contributed by atoms with Gasteiger partial charge in [0.2, 0.25) is 5.69 Å². The molecule has 0 saturated carbocycles. The molecule has 0 fully saturated rings. The monoisotopic (exact) mass is 490 g/mol. The van der Waals surface area contributed by atoms with Crippen molar-refractivity contribution in [2.45, 2.75) is 0 Å². The topological polar surface area (TPSA) is 7.12 Å². The van der Waals surface area contributed by atoms with E-state index in [-0.39, 0.29) is 24.0 Å². The molecule has 4 aromatic rings. The van der Waals surface area contributed by atoms with Crippen LogP contribution < -0.4 is 33.4 Å². The summed E-state index contributed by atoms with van der Waals surface area (Å²) in [6, 6.07) is 35.8. The third-order valence-electron chi connectivity index (χ3n) is 4.72. The average molecular weight is 490 g/mol. The fourth-order valence-corrected chi connectivity index (χ4v) is 3.23. The van der Waals surface area contributed by atoms with Crippen molar-refractivity contribution in [3.05, 3.63) is 121 Å². The predicted molar refractivity (Wildman–Crippen MR) is 118 cm³/mol. The van der Waals surface area contributed by atoms with E-state index in [0.29, 0.717) is 0 Å². The minimum Gasteiger partial charge on any atom is -1.00 e. The van der Waals surface area contributed by atoms with E-state index < -0.39 is 0 Å². The molecule has 0 atom stereocenters. The van der Waals surface area contributed by atoms with E-state index in [2.05, 4.69) is 120 Å². The van der Waals surface area contributed by atoms with Gasteiger partial charge in [-0.25, -0.2) is 4.57 Å². The molecule has 0 saturated heterocycles. The Bertz CT molecular complexity index is 1020. The maximum atomic E-state index is 2.27. The molecular weight excluding hydrogens is 467 g/mol. The minimum absolute atomic E-state index is 0.